The van der Waals surface area contributed by atoms with Crippen LogP contribution in [0.3, 0.4) is 0 Å². The van der Waals surface area contributed by atoms with E-state index >= 15 is 0 Å². The van der Waals surface area contributed by atoms with Crippen LogP contribution < -0.4 is 5.73 Å². The third kappa shape index (κ3) is 3.73. The molecule has 94 valence electrons. The van der Waals surface area contributed by atoms with Gasteiger partial charge in [-0.05, 0) is 36.9 Å². The Hall–Kier alpha value is -1.04. The number of hydrogen-bond donors (Lipinski definition) is 1. The summed E-state index contributed by atoms with van der Waals surface area (Å²) in [4.78, 5) is 9.11. The number of nitrogen functional groups attached to an aromatic ring is 1. The molecule has 1 atom stereocenters. The molecule has 2 rings (SSSR count). The minimum atomic E-state index is 0.231. The summed E-state index contributed by atoms with van der Waals surface area (Å²) in [7, 11) is 1.76. The van der Waals surface area contributed by atoms with Gasteiger partial charge in [-0.2, -0.15) is 0 Å². The first-order chi connectivity index (χ1) is 8.31. The van der Waals surface area contributed by atoms with E-state index in [9.17, 15) is 0 Å². The van der Waals surface area contributed by atoms with Gasteiger partial charge < -0.3 is 15.3 Å². The maximum absolute atomic E-state index is 8.00. The van der Waals surface area contributed by atoms with Crippen molar-refractivity contribution < 1.29 is 9.53 Å². The zero-order valence-corrected chi connectivity index (χ0v) is 10.8. The van der Waals surface area contributed by atoms with E-state index in [1.807, 2.05) is 31.1 Å². The minimum Gasteiger partial charge on any atom is -0.398 e. The molecule has 0 radical (unpaired) electrons. The number of rotatable bonds is 3. The molecular formula is C12H18N2O2S. The molecule has 0 aliphatic carbocycles. The summed E-state index contributed by atoms with van der Waals surface area (Å²) in [5.74, 6) is 0. The van der Waals surface area contributed by atoms with Gasteiger partial charge in [0.05, 0.1) is 0 Å². The van der Waals surface area contributed by atoms with Crippen LogP contribution in [0.4, 0.5) is 5.69 Å². The first kappa shape index (κ1) is 14.0. The van der Waals surface area contributed by atoms with Gasteiger partial charge in [-0.25, -0.2) is 4.31 Å². The van der Waals surface area contributed by atoms with Gasteiger partial charge in [-0.15, -0.1) is 0 Å². The zero-order valence-electron chi connectivity index (χ0n) is 9.96. The van der Waals surface area contributed by atoms with Crippen molar-refractivity contribution >= 4 is 24.4 Å². The summed E-state index contributed by atoms with van der Waals surface area (Å²) in [6, 6.07) is 7.94. The molecule has 0 amide bonds. The Labute approximate surface area is 106 Å². The highest BCUT2D eigenvalue weighted by Gasteiger charge is 2.25. The fourth-order valence-corrected chi connectivity index (χ4v) is 2.83. The predicted molar refractivity (Wildman–Crippen MR) is 70.6 cm³/mol. The number of para-hydroxylation sites is 1. The van der Waals surface area contributed by atoms with Gasteiger partial charge in [-0.3, -0.25) is 0 Å². The molecule has 17 heavy (non-hydrogen) atoms. The highest BCUT2D eigenvalue weighted by Crippen LogP contribution is 2.33. The number of ether oxygens (including phenoxy) is 1. The van der Waals surface area contributed by atoms with E-state index in [-0.39, 0.29) is 6.23 Å². The van der Waals surface area contributed by atoms with Crippen molar-refractivity contribution in [3.8, 4) is 0 Å². The molecule has 1 unspecified atom stereocenters. The minimum absolute atomic E-state index is 0.231. The average molecular weight is 254 g/mol. The van der Waals surface area contributed by atoms with Crippen molar-refractivity contribution in [1.82, 2.24) is 4.31 Å². The van der Waals surface area contributed by atoms with Crippen LogP contribution in [0.15, 0.2) is 29.2 Å². The lowest BCUT2D eigenvalue weighted by molar-refractivity contribution is -0.0979. The smallest absolute Gasteiger partial charge is 0.119 e. The molecule has 0 aromatic heterocycles. The van der Waals surface area contributed by atoms with Crippen molar-refractivity contribution in [1.29, 1.82) is 0 Å². The van der Waals surface area contributed by atoms with E-state index in [4.69, 9.17) is 15.3 Å². The van der Waals surface area contributed by atoms with Crippen LogP contribution in [0.25, 0.3) is 0 Å². The molecule has 1 fully saturated rings. The Kier molecular flexibility index (Phi) is 6.04. The van der Waals surface area contributed by atoms with Gasteiger partial charge in [0.1, 0.15) is 13.0 Å². The highest BCUT2D eigenvalue weighted by atomic mass is 32.2. The highest BCUT2D eigenvalue weighted by molar-refractivity contribution is 7.97. The zero-order chi connectivity index (χ0) is 12.7. The predicted octanol–water partition coefficient (Wildman–Crippen LogP) is 2.16. The van der Waals surface area contributed by atoms with Gasteiger partial charge in [0.15, 0.2) is 0 Å². The Morgan fingerprint density at radius 2 is 2.18 bits per heavy atom. The second-order valence-corrected chi connectivity index (χ2v) is 4.69. The lowest BCUT2D eigenvalue weighted by atomic mass is 10.3. The number of nitrogens with zero attached hydrogens (tertiary/aromatic N) is 1. The van der Waals surface area contributed by atoms with Crippen LogP contribution in [-0.2, 0) is 9.53 Å². The van der Waals surface area contributed by atoms with Gasteiger partial charge in [0.25, 0.3) is 0 Å². The van der Waals surface area contributed by atoms with Crippen LogP contribution in [-0.4, -0.2) is 31.0 Å². The van der Waals surface area contributed by atoms with E-state index in [2.05, 4.69) is 4.31 Å². The van der Waals surface area contributed by atoms with Crippen LogP contribution in [0, 0.1) is 0 Å². The number of nitrogens with two attached hydrogens (primary N) is 1. The topological polar surface area (TPSA) is 55.6 Å². The van der Waals surface area contributed by atoms with Crippen molar-refractivity contribution in [2.24, 2.45) is 0 Å². The van der Waals surface area contributed by atoms with E-state index in [0.717, 1.165) is 23.5 Å². The quantitative estimate of drug-likeness (QED) is 0.661. The molecule has 1 aliphatic rings. The Morgan fingerprint density at radius 1 is 1.47 bits per heavy atom. The van der Waals surface area contributed by atoms with Crippen molar-refractivity contribution in [3.05, 3.63) is 24.3 Å². The van der Waals surface area contributed by atoms with Crippen LogP contribution in [0.2, 0.25) is 0 Å². The monoisotopic (exact) mass is 254 g/mol. The summed E-state index contributed by atoms with van der Waals surface area (Å²) in [6.45, 7) is 3.07. The van der Waals surface area contributed by atoms with E-state index < -0.39 is 0 Å². The molecule has 0 saturated carbocycles. The summed E-state index contributed by atoms with van der Waals surface area (Å²) < 4.78 is 7.66. The van der Waals surface area contributed by atoms with Crippen LogP contribution >= 0.6 is 11.9 Å². The first-order valence-corrected chi connectivity index (χ1v) is 6.19. The van der Waals surface area contributed by atoms with Crippen LogP contribution in [0.1, 0.15) is 12.8 Å². The maximum atomic E-state index is 8.00. The number of methoxy groups -OCH3 is 1. The number of benzene rings is 1. The molecular weight excluding hydrogens is 236 g/mol. The summed E-state index contributed by atoms with van der Waals surface area (Å²) in [6.07, 6.45) is 2.53. The van der Waals surface area contributed by atoms with Crippen molar-refractivity contribution in [2.45, 2.75) is 24.0 Å². The van der Waals surface area contributed by atoms with E-state index in [1.165, 1.54) is 6.42 Å². The van der Waals surface area contributed by atoms with E-state index in [0.29, 0.717) is 0 Å². The third-order valence-corrected chi connectivity index (χ3v) is 3.78. The largest absolute Gasteiger partial charge is 0.398 e. The fraction of sp³-hybridized carbons (Fsp3) is 0.417. The summed E-state index contributed by atoms with van der Waals surface area (Å²) in [5, 5.41) is 0. The Balaban J connectivity index is 0.000000686. The Bertz CT molecular complexity index is 349. The van der Waals surface area contributed by atoms with E-state index in [1.54, 1.807) is 19.1 Å². The Morgan fingerprint density at radius 3 is 2.82 bits per heavy atom. The number of carbonyl (C=O) groups excluding carboxylic acids is 1. The van der Waals surface area contributed by atoms with Gasteiger partial charge in [0, 0.05) is 24.2 Å². The van der Waals surface area contributed by atoms with Gasteiger partial charge in [0.2, 0.25) is 0 Å². The summed E-state index contributed by atoms with van der Waals surface area (Å²) in [5.41, 5.74) is 6.73. The van der Waals surface area contributed by atoms with Crippen LogP contribution in [0.5, 0.6) is 0 Å². The summed E-state index contributed by atoms with van der Waals surface area (Å²) >= 11 is 1.69. The normalized spacial score (nSPS) is 19.7. The first-order valence-electron chi connectivity index (χ1n) is 5.42. The molecule has 1 aliphatic heterocycles. The molecule has 0 spiro atoms. The fourth-order valence-electron chi connectivity index (χ4n) is 1.74. The lowest BCUT2D eigenvalue weighted by Gasteiger charge is -2.22. The molecule has 1 heterocycles. The second-order valence-electron chi connectivity index (χ2n) is 3.60. The molecule has 1 aromatic rings. The second kappa shape index (κ2) is 7.32. The van der Waals surface area contributed by atoms with Gasteiger partial charge >= 0.3 is 0 Å². The molecule has 5 heteroatoms. The maximum Gasteiger partial charge on any atom is 0.119 e. The van der Waals surface area contributed by atoms with Crippen molar-refractivity contribution in [2.75, 3.05) is 19.4 Å². The molecule has 1 saturated heterocycles. The lowest BCUT2D eigenvalue weighted by Crippen LogP contribution is -2.24. The molecule has 1 aromatic carbocycles. The van der Waals surface area contributed by atoms with Crippen molar-refractivity contribution in [3.63, 3.8) is 0 Å². The third-order valence-electron chi connectivity index (χ3n) is 2.56. The van der Waals surface area contributed by atoms with Gasteiger partial charge in [-0.1, -0.05) is 12.1 Å². The number of anilines is 1. The number of carbonyl (C=O) groups is 1. The molecule has 0 bridgehead atoms. The average Bonchev–Trinajstić information content (AvgIpc) is 2.82. The standard InChI is InChI=1S/C11H16N2OS.CH2O/c1-14-11-7-4-8-13(11)15-10-6-3-2-5-9(10)12;1-2/h2-3,5-6,11H,4,7-8,12H2,1H3;1H2. The SMILES string of the molecule is C=O.COC1CCCN1Sc1ccccc1N. The molecule has 2 N–H and O–H groups in total. The molecule has 4 nitrogen and oxygen atoms in total. The number of hydrogen-bond acceptors (Lipinski definition) is 5.